The lowest BCUT2D eigenvalue weighted by molar-refractivity contribution is 0.0451. The number of carbonyl (C=O) groups is 2. The van der Waals surface area contributed by atoms with Crippen LogP contribution in [0.1, 0.15) is 38.1 Å². The first-order chi connectivity index (χ1) is 11.2. The van der Waals surface area contributed by atoms with Gasteiger partial charge in [0.05, 0.1) is 24.4 Å². The molecule has 130 valence electrons. The third-order valence-electron chi connectivity index (χ3n) is 3.13. The minimum atomic E-state index is -0.549. The van der Waals surface area contributed by atoms with Crippen LogP contribution in [0.5, 0.6) is 0 Å². The summed E-state index contributed by atoms with van der Waals surface area (Å²) in [7, 11) is 0. The summed E-state index contributed by atoms with van der Waals surface area (Å²) in [6.45, 7) is 7.34. The van der Waals surface area contributed by atoms with Crippen LogP contribution < -0.4 is 5.32 Å². The third kappa shape index (κ3) is 5.34. The minimum Gasteiger partial charge on any atom is -0.444 e. The molecule has 1 atom stereocenters. The molecule has 0 saturated heterocycles. The van der Waals surface area contributed by atoms with Crippen molar-refractivity contribution in [3.8, 4) is 0 Å². The molecule has 7 heteroatoms. The maximum Gasteiger partial charge on any atom is 0.407 e. The van der Waals surface area contributed by atoms with Gasteiger partial charge in [-0.05, 0) is 45.9 Å². The highest BCUT2D eigenvalue weighted by Gasteiger charge is 2.18. The zero-order valence-corrected chi connectivity index (χ0v) is 14.4. The fourth-order valence-electron chi connectivity index (χ4n) is 2.08. The highest BCUT2D eigenvalue weighted by atomic mass is 16.6. The van der Waals surface area contributed by atoms with Gasteiger partial charge < -0.3 is 14.8 Å². The van der Waals surface area contributed by atoms with Crippen molar-refractivity contribution in [1.29, 1.82) is 0 Å². The fraction of sp³-hybridized carbons (Fsp3) is 0.471. The summed E-state index contributed by atoms with van der Waals surface area (Å²) in [5, 5.41) is 10.3. The average Bonchev–Trinajstić information content (AvgIpc) is 2.92. The molecule has 0 bridgehead atoms. The van der Waals surface area contributed by atoms with Gasteiger partial charge in [-0.2, -0.15) is 5.10 Å². The molecule has 0 aliphatic carbocycles. The molecule has 0 spiro atoms. The summed E-state index contributed by atoms with van der Waals surface area (Å²) in [5.74, 6) is -0.123. The summed E-state index contributed by atoms with van der Waals surface area (Å²) in [6.07, 6.45) is 1.16. The van der Waals surface area contributed by atoms with Crippen molar-refractivity contribution in [1.82, 2.24) is 15.5 Å². The van der Waals surface area contributed by atoms with Crippen LogP contribution in [0.25, 0.3) is 10.9 Å². The van der Waals surface area contributed by atoms with E-state index in [1.54, 1.807) is 46.0 Å². The number of hydrogen-bond donors (Lipinski definition) is 2. The summed E-state index contributed by atoms with van der Waals surface area (Å²) in [4.78, 5) is 23.8. The molecule has 1 heterocycles. The number of ketones is 1. The van der Waals surface area contributed by atoms with Gasteiger partial charge in [-0.3, -0.25) is 9.89 Å². The highest BCUT2D eigenvalue weighted by Crippen LogP contribution is 2.13. The zero-order valence-electron chi connectivity index (χ0n) is 14.4. The number of amides is 1. The molecule has 2 N–H and O–H groups in total. The second-order valence-corrected chi connectivity index (χ2v) is 6.66. The van der Waals surface area contributed by atoms with Crippen LogP contribution in [0.4, 0.5) is 4.79 Å². The highest BCUT2D eigenvalue weighted by molar-refractivity contribution is 6.00. The number of Topliss-reactive ketones (excluding diaryl/α,β-unsaturated/α-hetero) is 1. The molecule has 1 aromatic heterocycles. The molecule has 2 aromatic rings. The maximum atomic E-state index is 12.1. The quantitative estimate of drug-likeness (QED) is 0.793. The number of rotatable bonds is 6. The number of aromatic amines is 1. The number of H-pyrrole nitrogens is 1. The van der Waals surface area contributed by atoms with E-state index in [0.29, 0.717) is 5.56 Å². The van der Waals surface area contributed by atoms with E-state index < -0.39 is 11.7 Å². The number of alkyl carbamates (subject to hydrolysis) is 1. The lowest BCUT2D eigenvalue weighted by Gasteiger charge is -2.21. The van der Waals surface area contributed by atoms with Gasteiger partial charge in [0.2, 0.25) is 0 Å². The molecule has 2 rings (SSSR count). The Bertz CT molecular complexity index is 718. The molecule has 0 radical (unpaired) electrons. The standard InChI is InChI=1S/C17H23N3O4/c1-11(19-16(22)24-17(2,3)4)9-23-10-15(21)12-5-6-14-13(7-12)8-18-20-14/h5-8,11H,9-10H2,1-4H3,(H,18,20)(H,19,22). The number of hydrogen-bond acceptors (Lipinski definition) is 5. The van der Waals surface area contributed by atoms with Gasteiger partial charge in [0.1, 0.15) is 12.2 Å². The van der Waals surface area contributed by atoms with Crippen LogP contribution in [0.3, 0.4) is 0 Å². The molecule has 7 nitrogen and oxygen atoms in total. The Balaban J connectivity index is 1.76. The summed E-state index contributed by atoms with van der Waals surface area (Å²) < 4.78 is 10.5. The van der Waals surface area contributed by atoms with E-state index in [1.807, 2.05) is 6.07 Å². The first-order valence-corrected chi connectivity index (χ1v) is 7.78. The summed E-state index contributed by atoms with van der Waals surface area (Å²) in [6, 6.07) is 5.05. The van der Waals surface area contributed by atoms with E-state index in [9.17, 15) is 9.59 Å². The molecular formula is C17H23N3O4. The Kier molecular flexibility index (Phi) is 5.56. The van der Waals surface area contributed by atoms with Crippen LogP contribution >= 0.6 is 0 Å². The second-order valence-electron chi connectivity index (χ2n) is 6.66. The first-order valence-electron chi connectivity index (χ1n) is 7.78. The topological polar surface area (TPSA) is 93.3 Å². The maximum absolute atomic E-state index is 12.1. The molecule has 0 aliphatic rings. The van der Waals surface area contributed by atoms with Crippen molar-refractivity contribution in [2.24, 2.45) is 0 Å². The molecule has 0 aliphatic heterocycles. The smallest absolute Gasteiger partial charge is 0.407 e. The molecule has 1 amide bonds. The number of aromatic nitrogens is 2. The lowest BCUT2D eigenvalue weighted by atomic mass is 10.1. The van der Waals surface area contributed by atoms with Crippen molar-refractivity contribution >= 4 is 22.8 Å². The van der Waals surface area contributed by atoms with E-state index in [2.05, 4.69) is 15.5 Å². The number of benzene rings is 1. The van der Waals surface area contributed by atoms with Crippen LogP contribution in [-0.4, -0.2) is 46.9 Å². The average molecular weight is 333 g/mol. The van der Waals surface area contributed by atoms with Gasteiger partial charge in [-0.15, -0.1) is 0 Å². The van der Waals surface area contributed by atoms with E-state index >= 15 is 0 Å². The van der Waals surface area contributed by atoms with Crippen molar-refractivity contribution in [2.45, 2.75) is 39.3 Å². The van der Waals surface area contributed by atoms with Gasteiger partial charge in [0.15, 0.2) is 5.78 Å². The Hall–Kier alpha value is -2.41. The summed E-state index contributed by atoms with van der Waals surface area (Å²) >= 11 is 0. The van der Waals surface area contributed by atoms with Crippen LogP contribution in [0.15, 0.2) is 24.4 Å². The van der Waals surface area contributed by atoms with Gasteiger partial charge in [0.25, 0.3) is 0 Å². The number of ether oxygens (including phenoxy) is 2. The van der Waals surface area contributed by atoms with E-state index in [1.165, 1.54) is 0 Å². The Morgan fingerprint density at radius 2 is 2.08 bits per heavy atom. The SMILES string of the molecule is CC(COCC(=O)c1ccc2[nH]ncc2c1)NC(=O)OC(C)(C)C. The van der Waals surface area contributed by atoms with Crippen molar-refractivity contribution < 1.29 is 19.1 Å². The summed E-state index contributed by atoms with van der Waals surface area (Å²) in [5.41, 5.74) is 0.895. The zero-order chi connectivity index (χ0) is 17.7. The molecule has 0 saturated carbocycles. The number of nitrogens with one attached hydrogen (secondary N) is 2. The number of carbonyl (C=O) groups excluding carboxylic acids is 2. The molecular weight excluding hydrogens is 310 g/mol. The van der Waals surface area contributed by atoms with Crippen LogP contribution in [0, 0.1) is 0 Å². The molecule has 1 unspecified atom stereocenters. The van der Waals surface area contributed by atoms with E-state index in [0.717, 1.165) is 10.9 Å². The third-order valence-corrected chi connectivity index (χ3v) is 3.13. The van der Waals surface area contributed by atoms with Gasteiger partial charge >= 0.3 is 6.09 Å². The molecule has 24 heavy (non-hydrogen) atoms. The predicted molar refractivity (Wildman–Crippen MR) is 90.1 cm³/mol. The molecule has 0 fully saturated rings. The van der Waals surface area contributed by atoms with Gasteiger partial charge in [-0.1, -0.05) is 0 Å². The largest absolute Gasteiger partial charge is 0.444 e. The van der Waals surface area contributed by atoms with E-state index in [4.69, 9.17) is 9.47 Å². The lowest BCUT2D eigenvalue weighted by Crippen LogP contribution is -2.40. The minimum absolute atomic E-state index is 0.0519. The Morgan fingerprint density at radius 1 is 1.33 bits per heavy atom. The van der Waals surface area contributed by atoms with Crippen molar-refractivity contribution in [2.75, 3.05) is 13.2 Å². The second kappa shape index (κ2) is 7.44. The Morgan fingerprint density at radius 3 is 2.79 bits per heavy atom. The van der Waals surface area contributed by atoms with Crippen molar-refractivity contribution in [3.63, 3.8) is 0 Å². The Labute approximate surface area is 140 Å². The van der Waals surface area contributed by atoms with E-state index in [-0.39, 0.29) is 25.0 Å². The monoisotopic (exact) mass is 333 g/mol. The normalized spacial score (nSPS) is 12.8. The van der Waals surface area contributed by atoms with Crippen LogP contribution in [-0.2, 0) is 9.47 Å². The number of fused-ring (bicyclic) bond motifs is 1. The number of nitrogens with zero attached hydrogens (tertiary/aromatic N) is 1. The van der Waals surface area contributed by atoms with Gasteiger partial charge in [-0.25, -0.2) is 4.79 Å². The van der Waals surface area contributed by atoms with Crippen LogP contribution in [0.2, 0.25) is 0 Å². The van der Waals surface area contributed by atoms with Gasteiger partial charge in [0, 0.05) is 10.9 Å². The van der Waals surface area contributed by atoms with Crippen molar-refractivity contribution in [3.05, 3.63) is 30.0 Å². The predicted octanol–water partition coefficient (Wildman–Crippen LogP) is 2.68. The first kappa shape index (κ1) is 17.9. The molecule has 1 aromatic carbocycles. The fourth-order valence-corrected chi connectivity index (χ4v) is 2.08.